The zero-order valence-electron chi connectivity index (χ0n) is 11.8. The Hall–Kier alpha value is -1.75. The highest BCUT2D eigenvalue weighted by atomic mass is 35.5. The number of anilines is 1. The molecule has 0 fully saturated rings. The van der Waals surface area contributed by atoms with Crippen molar-refractivity contribution in [2.45, 2.75) is 20.0 Å². The van der Waals surface area contributed by atoms with Gasteiger partial charge in [0.05, 0.1) is 10.7 Å². The van der Waals surface area contributed by atoms with Gasteiger partial charge in [-0.15, -0.1) is 0 Å². The molecule has 0 spiro atoms. The van der Waals surface area contributed by atoms with Crippen LogP contribution in [0.5, 0.6) is 0 Å². The average Bonchev–Trinajstić information content (AvgIpc) is 2.36. The standard InChI is InChI=1S/C15H14ClF3N2/c1-8-5-4-6-9(2)12(8)14-13(15(17,18)19)10(16)7-11(20-3)21-14/h4-7H,1-3H3,(H,20,21). The Labute approximate surface area is 126 Å². The Balaban J connectivity index is 2.87. The van der Waals surface area contributed by atoms with Gasteiger partial charge in [-0.05, 0) is 31.0 Å². The zero-order valence-corrected chi connectivity index (χ0v) is 12.5. The number of alkyl halides is 3. The van der Waals surface area contributed by atoms with Gasteiger partial charge in [-0.3, -0.25) is 0 Å². The number of pyridine rings is 1. The van der Waals surface area contributed by atoms with Gasteiger partial charge in [0.25, 0.3) is 0 Å². The second kappa shape index (κ2) is 5.56. The van der Waals surface area contributed by atoms with E-state index in [4.69, 9.17) is 11.6 Å². The van der Waals surface area contributed by atoms with Gasteiger partial charge in [-0.1, -0.05) is 29.8 Å². The van der Waals surface area contributed by atoms with E-state index in [-0.39, 0.29) is 10.7 Å². The first-order chi connectivity index (χ1) is 9.75. The predicted molar refractivity (Wildman–Crippen MR) is 78.7 cm³/mol. The van der Waals surface area contributed by atoms with E-state index in [1.165, 1.54) is 6.07 Å². The maximum Gasteiger partial charge on any atom is 0.419 e. The van der Waals surface area contributed by atoms with Gasteiger partial charge in [-0.25, -0.2) is 4.98 Å². The van der Waals surface area contributed by atoms with Crippen molar-refractivity contribution in [2.24, 2.45) is 0 Å². The summed E-state index contributed by atoms with van der Waals surface area (Å²) in [5.41, 5.74) is 0.856. The van der Waals surface area contributed by atoms with Crippen molar-refractivity contribution in [3.63, 3.8) is 0 Å². The summed E-state index contributed by atoms with van der Waals surface area (Å²) >= 11 is 5.85. The molecule has 2 nitrogen and oxygen atoms in total. The van der Waals surface area contributed by atoms with Crippen LogP contribution in [-0.2, 0) is 6.18 Å². The number of hydrogen-bond donors (Lipinski definition) is 1. The number of aromatic nitrogens is 1. The van der Waals surface area contributed by atoms with Gasteiger partial charge in [0.1, 0.15) is 11.4 Å². The van der Waals surface area contributed by atoms with E-state index in [9.17, 15) is 13.2 Å². The minimum atomic E-state index is -4.57. The van der Waals surface area contributed by atoms with Crippen LogP contribution in [0.15, 0.2) is 24.3 Å². The first kappa shape index (κ1) is 15.6. The largest absolute Gasteiger partial charge is 0.419 e. The predicted octanol–water partition coefficient (Wildman–Crippen LogP) is 5.08. The molecule has 0 radical (unpaired) electrons. The van der Waals surface area contributed by atoms with Gasteiger partial charge in [0.2, 0.25) is 0 Å². The second-order valence-corrected chi connectivity index (χ2v) is 5.13. The summed E-state index contributed by atoms with van der Waals surface area (Å²) in [6.07, 6.45) is -4.57. The number of nitrogens with zero attached hydrogens (tertiary/aromatic N) is 1. The summed E-state index contributed by atoms with van der Waals surface area (Å²) < 4.78 is 40.0. The maximum absolute atomic E-state index is 13.3. The van der Waals surface area contributed by atoms with Crippen molar-refractivity contribution in [3.8, 4) is 11.3 Å². The second-order valence-electron chi connectivity index (χ2n) is 4.73. The third-order valence-electron chi connectivity index (χ3n) is 3.23. The molecule has 1 aromatic carbocycles. The molecule has 0 saturated heterocycles. The SMILES string of the molecule is CNc1cc(Cl)c(C(F)(F)F)c(-c2c(C)cccc2C)n1. The molecule has 0 aliphatic carbocycles. The Morgan fingerprint density at radius 1 is 1.14 bits per heavy atom. The molecular formula is C15H14ClF3N2. The number of hydrogen-bond acceptors (Lipinski definition) is 2. The normalized spacial score (nSPS) is 11.6. The van der Waals surface area contributed by atoms with Crippen molar-refractivity contribution >= 4 is 17.4 Å². The Bertz CT molecular complexity index is 661. The molecule has 6 heteroatoms. The quantitative estimate of drug-likeness (QED) is 0.836. The smallest absolute Gasteiger partial charge is 0.373 e. The first-order valence-corrected chi connectivity index (χ1v) is 6.65. The summed E-state index contributed by atoms with van der Waals surface area (Å²) in [6.45, 7) is 3.51. The number of rotatable bonds is 2. The monoisotopic (exact) mass is 314 g/mol. The highest BCUT2D eigenvalue weighted by Gasteiger charge is 2.38. The van der Waals surface area contributed by atoms with Crippen LogP contribution in [0.4, 0.5) is 19.0 Å². The number of nitrogens with one attached hydrogen (secondary N) is 1. The third-order valence-corrected chi connectivity index (χ3v) is 3.53. The Morgan fingerprint density at radius 2 is 1.71 bits per heavy atom. The van der Waals surface area contributed by atoms with Crippen LogP contribution in [0.25, 0.3) is 11.3 Å². The van der Waals surface area contributed by atoms with Crippen LogP contribution in [0.3, 0.4) is 0 Å². The molecule has 2 rings (SSSR count). The van der Waals surface area contributed by atoms with E-state index >= 15 is 0 Å². The third kappa shape index (κ3) is 2.97. The van der Waals surface area contributed by atoms with Gasteiger partial charge in [0, 0.05) is 12.6 Å². The molecule has 0 aliphatic rings. The van der Waals surface area contributed by atoms with E-state index in [1.807, 2.05) is 0 Å². The minimum absolute atomic E-state index is 0.144. The van der Waals surface area contributed by atoms with Crippen LogP contribution in [0.2, 0.25) is 5.02 Å². The van der Waals surface area contributed by atoms with Gasteiger partial charge >= 0.3 is 6.18 Å². The van der Waals surface area contributed by atoms with Gasteiger partial charge < -0.3 is 5.32 Å². The maximum atomic E-state index is 13.3. The summed E-state index contributed by atoms with van der Waals surface area (Å²) in [6, 6.07) is 6.49. The molecule has 0 bridgehead atoms. The number of halogens is 4. The molecule has 0 aliphatic heterocycles. The molecule has 1 aromatic heterocycles. The lowest BCUT2D eigenvalue weighted by atomic mass is 9.96. The highest BCUT2D eigenvalue weighted by Crippen LogP contribution is 2.43. The molecule has 0 unspecified atom stereocenters. The molecule has 0 amide bonds. The van der Waals surface area contributed by atoms with Crippen LogP contribution in [0, 0.1) is 13.8 Å². The van der Waals surface area contributed by atoms with Crippen molar-refractivity contribution in [1.82, 2.24) is 4.98 Å². The topological polar surface area (TPSA) is 24.9 Å². The van der Waals surface area contributed by atoms with Crippen LogP contribution in [-0.4, -0.2) is 12.0 Å². The Morgan fingerprint density at radius 3 is 2.19 bits per heavy atom. The van der Waals surface area contributed by atoms with Crippen molar-refractivity contribution < 1.29 is 13.2 Å². The van der Waals surface area contributed by atoms with Crippen molar-refractivity contribution in [2.75, 3.05) is 12.4 Å². The fourth-order valence-corrected chi connectivity index (χ4v) is 2.58. The molecule has 1 N–H and O–H groups in total. The summed E-state index contributed by atoms with van der Waals surface area (Å²) in [5.74, 6) is 0.297. The molecule has 21 heavy (non-hydrogen) atoms. The number of benzene rings is 1. The molecule has 0 atom stereocenters. The average molecular weight is 315 g/mol. The summed E-state index contributed by atoms with van der Waals surface area (Å²) in [4.78, 5) is 4.09. The van der Waals surface area contributed by atoms with Gasteiger partial charge in [0.15, 0.2) is 0 Å². The van der Waals surface area contributed by atoms with E-state index in [1.54, 1.807) is 39.1 Å². The van der Waals surface area contributed by atoms with Crippen LogP contribution < -0.4 is 5.32 Å². The van der Waals surface area contributed by atoms with Crippen molar-refractivity contribution in [1.29, 1.82) is 0 Å². The first-order valence-electron chi connectivity index (χ1n) is 6.27. The van der Waals surface area contributed by atoms with E-state index in [0.29, 0.717) is 11.4 Å². The van der Waals surface area contributed by atoms with Gasteiger partial charge in [-0.2, -0.15) is 13.2 Å². The molecule has 0 saturated carbocycles. The van der Waals surface area contributed by atoms with E-state index < -0.39 is 11.7 Å². The lowest BCUT2D eigenvalue weighted by molar-refractivity contribution is -0.137. The van der Waals surface area contributed by atoms with Crippen molar-refractivity contribution in [3.05, 3.63) is 46.0 Å². The zero-order chi connectivity index (χ0) is 15.8. The molecule has 1 heterocycles. The van der Waals surface area contributed by atoms with Crippen LogP contribution >= 0.6 is 11.6 Å². The molecule has 2 aromatic rings. The fourth-order valence-electron chi connectivity index (χ4n) is 2.28. The highest BCUT2D eigenvalue weighted by molar-refractivity contribution is 6.32. The Kier molecular flexibility index (Phi) is 4.14. The van der Waals surface area contributed by atoms with E-state index in [2.05, 4.69) is 10.3 Å². The minimum Gasteiger partial charge on any atom is -0.373 e. The summed E-state index contributed by atoms with van der Waals surface area (Å²) in [5, 5.41) is 2.37. The van der Waals surface area contributed by atoms with Crippen LogP contribution in [0.1, 0.15) is 16.7 Å². The lowest BCUT2D eigenvalue weighted by Gasteiger charge is -2.18. The molecule has 112 valence electrons. The number of aryl methyl sites for hydroxylation is 2. The molecular weight excluding hydrogens is 301 g/mol. The summed E-state index contributed by atoms with van der Waals surface area (Å²) in [7, 11) is 1.58. The van der Waals surface area contributed by atoms with E-state index in [0.717, 1.165) is 11.1 Å². The lowest BCUT2D eigenvalue weighted by Crippen LogP contribution is -2.12. The fraction of sp³-hybridized carbons (Fsp3) is 0.267.